The SMILES string of the molecule is Cl.Cl.NC[C@H]1CCC[C@H]1C(=O)N1CCN(CCc2ccccc2)CC1. The summed E-state index contributed by atoms with van der Waals surface area (Å²) < 4.78 is 0. The predicted octanol–water partition coefficient (Wildman–Crippen LogP) is 2.59. The molecule has 0 aromatic heterocycles. The standard InChI is InChI=1S/C19H29N3O.2ClH/c20-15-17-7-4-8-18(17)19(23)22-13-11-21(12-14-22)10-9-16-5-2-1-3-6-16;;/h1-3,5-6,17-18H,4,7-15,20H2;2*1H/t17-,18-;;/m1../s1. The van der Waals surface area contributed by atoms with Crippen molar-refractivity contribution in [2.75, 3.05) is 39.3 Å². The number of benzene rings is 1. The molecular formula is C19H31Cl2N3O. The molecule has 1 aromatic carbocycles. The van der Waals surface area contributed by atoms with Gasteiger partial charge in [0.15, 0.2) is 0 Å². The summed E-state index contributed by atoms with van der Waals surface area (Å²) in [5, 5.41) is 0. The molecule has 1 aliphatic heterocycles. The number of nitrogens with two attached hydrogens (primary N) is 1. The van der Waals surface area contributed by atoms with E-state index in [1.165, 1.54) is 5.56 Å². The monoisotopic (exact) mass is 387 g/mol. The van der Waals surface area contributed by atoms with Gasteiger partial charge in [-0.05, 0) is 37.3 Å². The average molecular weight is 388 g/mol. The Morgan fingerprint density at radius 2 is 1.72 bits per heavy atom. The Hall–Kier alpha value is -0.810. The highest BCUT2D eigenvalue weighted by Gasteiger charge is 2.35. The first-order valence-electron chi connectivity index (χ1n) is 9.03. The van der Waals surface area contributed by atoms with Gasteiger partial charge in [-0.25, -0.2) is 0 Å². The van der Waals surface area contributed by atoms with Gasteiger partial charge in [0, 0.05) is 38.6 Å². The number of hydrogen-bond donors (Lipinski definition) is 1. The molecule has 2 fully saturated rings. The zero-order valence-electron chi connectivity index (χ0n) is 14.8. The second-order valence-corrected chi connectivity index (χ2v) is 6.94. The number of nitrogens with zero attached hydrogens (tertiary/aromatic N) is 2. The van der Waals surface area contributed by atoms with Gasteiger partial charge in [-0.15, -0.1) is 24.8 Å². The van der Waals surface area contributed by atoms with Crippen molar-refractivity contribution < 1.29 is 4.79 Å². The van der Waals surface area contributed by atoms with E-state index in [-0.39, 0.29) is 30.7 Å². The Bertz CT molecular complexity index is 507. The fraction of sp³-hybridized carbons (Fsp3) is 0.632. The highest BCUT2D eigenvalue weighted by atomic mass is 35.5. The quantitative estimate of drug-likeness (QED) is 0.844. The summed E-state index contributed by atoms with van der Waals surface area (Å²) in [5.74, 6) is 0.968. The predicted molar refractivity (Wildman–Crippen MR) is 108 cm³/mol. The van der Waals surface area contributed by atoms with Crippen molar-refractivity contribution in [1.82, 2.24) is 9.80 Å². The summed E-state index contributed by atoms with van der Waals surface area (Å²) in [6.07, 6.45) is 4.42. The third-order valence-electron chi connectivity index (χ3n) is 5.52. The zero-order valence-corrected chi connectivity index (χ0v) is 16.4. The second-order valence-electron chi connectivity index (χ2n) is 6.94. The summed E-state index contributed by atoms with van der Waals surface area (Å²) in [4.78, 5) is 17.3. The summed E-state index contributed by atoms with van der Waals surface area (Å²) in [6.45, 7) is 5.49. The van der Waals surface area contributed by atoms with Crippen molar-refractivity contribution in [2.24, 2.45) is 17.6 Å². The topological polar surface area (TPSA) is 49.6 Å². The Labute approximate surface area is 163 Å². The maximum atomic E-state index is 12.7. The fourth-order valence-electron chi connectivity index (χ4n) is 4.00. The van der Waals surface area contributed by atoms with Crippen molar-refractivity contribution in [1.29, 1.82) is 0 Å². The normalized spacial score (nSPS) is 23.6. The number of halogens is 2. The minimum absolute atomic E-state index is 0. The Balaban J connectivity index is 0.00000156. The molecule has 3 rings (SSSR count). The van der Waals surface area contributed by atoms with Gasteiger partial charge in [0.1, 0.15) is 0 Å². The summed E-state index contributed by atoms with van der Waals surface area (Å²) >= 11 is 0. The maximum Gasteiger partial charge on any atom is 0.226 e. The number of carbonyl (C=O) groups excluding carboxylic acids is 1. The first-order valence-corrected chi connectivity index (χ1v) is 9.03. The van der Waals surface area contributed by atoms with E-state index in [2.05, 4.69) is 40.1 Å². The van der Waals surface area contributed by atoms with Crippen LogP contribution < -0.4 is 5.73 Å². The molecule has 0 unspecified atom stereocenters. The molecule has 0 radical (unpaired) electrons. The number of piperazine rings is 1. The van der Waals surface area contributed by atoms with Gasteiger partial charge in [-0.2, -0.15) is 0 Å². The summed E-state index contributed by atoms with van der Waals surface area (Å²) in [6, 6.07) is 10.6. The second kappa shape index (κ2) is 11.0. The molecule has 0 spiro atoms. The van der Waals surface area contributed by atoms with Crippen LogP contribution in [0.2, 0.25) is 0 Å². The van der Waals surface area contributed by atoms with Gasteiger partial charge in [0.25, 0.3) is 0 Å². The molecule has 2 atom stereocenters. The van der Waals surface area contributed by atoms with Gasteiger partial charge in [-0.1, -0.05) is 36.8 Å². The minimum atomic E-state index is 0. The van der Waals surface area contributed by atoms with Gasteiger partial charge in [0.2, 0.25) is 5.91 Å². The van der Waals surface area contributed by atoms with Crippen LogP contribution in [-0.2, 0) is 11.2 Å². The molecule has 1 aromatic rings. The van der Waals surface area contributed by atoms with E-state index in [1.54, 1.807) is 0 Å². The van der Waals surface area contributed by atoms with Crippen LogP contribution >= 0.6 is 24.8 Å². The van der Waals surface area contributed by atoms with Crippen molar-refractivity contribution in [3.63, 3.8) is 0 Å². The van der Waals surface area contributed by atoms with E-state index >= 15 is 0 Å². The molecule has 6 heteroatoms. The zero-order chi connectivity index (χ0) is 16.1. The third-order valence-corrected chi connectivity index (χ3v) is 5.52. The van der Waals surface area contributed by atoms with Crippen LogP contribution in [0.15, 0.2) is 30.3 Å². The van der Waals surface area contributed by atoms with E-state index < -0.39 is 0 Å². The smallest absolute Gasteiger partial charge is 0.226 e. The van der Waals surface area contributed by atoms with Gasteiger partial charge >= 0.3 is 0 Å². The molecule has 1 amide bonds. The Morgan fingerprint density at radius 1 is 1.04 bits per heavy atom. The molecule has 2 aliphatic rings. The Kier molecular flexibility index (Phi) is 9.80. The van der Waals surface area contributed by atoms with Crippen molar-refractivity contribution >= 4 is 30.7 Å². The summed E-state index contributed by atoms with van der Waals surface area (Å²) in [5.41, 5.74) is 7.22. The maximum absolute atomic E-state index is 12.7. The molecule has 4 nitrogen and oxygen atoms in total. The van der Waals surface area contributed by atoms with Crippen LogP contribution in [0.5, 0.6) is 0 Å². The van der Waals surface area contributed by atoms with E-state index in [1.807, 2.05) is 0 Å². The van der Waals surface area contributed by atoms with Crippen molar-refractivity contribution in [3.8, 4) is 0 Å². The number of carbonyl (C=O) groups is 1. The molecule has 1 heterocycles. The van der Waals surface area contributed by atoms with Gasteiger partial charge < -0.3 is 10.6 Å². The van der Waals surface area contributed by atoms with Crippen molar-refractivity contribution in [3.05, 3.63) is 35.9 Å². The molecule has 2 N–H and O–H groups in total. The lowest BCUT2D eigenvalue weighted by Crippen LogP contribution is -2.51. The van der Waals surface area contributed by atoms with E-state index in [0.717, 1.165) is 58.4 Å². The van der Waals surface area contributed by atoms with Crippen LogP contribution in [0.1, 0.15) is 24.8 Å². The van der Waals surface area contributed by atoms with Crippen molar-refractivity contribution in [2.45, 2.75) is 25.7 Å². The molecule has 1 aliphatic carbocycles. The molecule has 1 saturated heterocycles. The molecule has 25 heavy (non-hydrogen) atoms. The minimum Gasteiger partial charge on any atom is -0.340 e. The van der Waals surface area contributed by atoms with E-state index in [9.17, 15) is 4.79 Å². The number of rotatable bonds is 5. The van der Waals surface area contributed by atoms with Gasteiger partial charge in [0.05, 0.1) is 0 Å². The number of hydrogen-bond acceptors (Lipinski definition) is 3. The molecule has 1 saturated carbocycles. The van der Waals surface area contributed by atoms with Crippen LogP contribution in [-0.4, -0.2) is 55.0 Å². The summed E-state index contributed by atoms with van der Waals surface area (Å²) in [7, 11) is 0. The largest absolute Gasteiger partial charge is 0.340 e. The number of amides is 1. The van der Waals surface area contributed by atoms with E-state index in [0.29, 0.717) is 18.4 Å². The lowest BCUT2D eigenvalue weighted by Gasteiger charge is -2.36. The van der Waals surface area contributed by atoms with Crippen LogP contribution in [0.4, 0.5) is 0 Å². The third kappa shape index (κ3) is 5.85. The highest BCUT2D eigenvalue weighted by Crippen LogP contribution is 2.32. The first-order chi connectivity index (χ1) is 11.3. The molecule has 0 bridgehead atoms. The van der Waals surface area contributed by atoms with Crippen LogP contribution in [0.25, 0.3) is 0 Å². The van der Waals surface area contributed by atoms with Crippen LogP contribution in [0.3, 0.4) is 0 Å². The highest BCUT2D eigenvalue weighted by molar-refractivity contribution is 5.85. The first kappa shape index (κ1) is 22.2. The van der Waals surface area contributed by atoms with Crippen LogP contribution in [0, 0.1) is 11.8 Å². The average Bonchev–Trinajstić information content (AvgIpc) is 3.09. The van der Waals surface area contributed by atoms with Gasteiger partial charge in [-0.3, -0.25) is 9.69 Å². The lowest BCUT2D eigenvalue weighted by atomic mass is 9.94. The molecular weight excluding hydrogens is 357 g/mol. The Morgan fingerprint density at radius 3 is 2.36 bits per heavy atom. The molecule has 142 valence electrons. The van der Waals surface area contributed by atoms with E-state index in [4.69, 9.17) is 5.73 Å². The lowest BCUT2D eigenvalue weighted by molar-refractivity contribution is -0.138. The fourth-order valence-corrected chi connectivity index (χ4v) is 4.00.